The predicted molar refractivity (Wildman–Crippen MR) is 59.1 cm³/mol. The van der Waals surface area contributed by atoms with E-state index in [2.05, 4.69) is 15.2 Å². The van der Waals surface area contributed by atoms with Gasteiger partial charge in [-0.15, -0.1) is 0 Å². The van der Waals surface area contributed by atoms with Gasteiger partial charge in [0.15, 0.2) is 0 Å². The van der Waals surface area contributed by atoms with E-state index in [0.29, 0.717) is 12.1 Å². The lowest BCUT2D eigenvalue weighted by Gasteiger charge is -2.00. The first-order chi connectivity index (χ1) is 7.65. The Bertz CT molecular complexity index is 614. The summed E-state index contributed by atoms with van der Waals surface area (Å²) in [7, 11) is 0. The van der Waals surface area contributed by atoms with E-state index in [1.54, 1.807) is 18.2 Å². The molecular formula is C10H10N4O2. The van der Waals surface area contributed by atoms with Crippen LogP contribution in [0.3, 0.4) is 0 Å². The Morgan fingerprint density at radius 2 is 2.12 bits per heavy atom. The average molecular weight is 218 g/mol. The van der Waals surface area contributed by atoms with E-state index in [4.69, 9.17) is 5.73 Å². The molecule has 1 aromatic heterocycles. The van der Waals surface area contributed by atoms with Gasteiger partial charge in [-0.3, -0.25) is 9.78 Å². The highest BCUT2D eigenvalue weighted by molar-refractivity contribution is 5.41. The fourth-order valence-corrected chi connectivity index (χ4v) is 1.39. The standard InChI is InChI=1S/C10H10N4O2/c11-7-3-1-2-6(4-7)5-8-9(15)12-10(16)14-13-8/h1-4H,5,11H2,(H2,12,14,15,16). The average Bonchev–Trinajstić information content (AvgIpc) is 2.22. The number of hydrogen-bond donors (Lipinski definition) is 3. The molecule has 2 rings (SSSR count). The van der Waals surface area contributed by atoms with Gasteiger partial charge in [0.1, 0.15) is 5.69 Å². The third-order valence-electron chi connectivity index (χ3n) is 2.10. The normalized spacial score (nSPS) is 10.2. The molecule has 0 radical (unpaired) electrons. The van der Waals surface area contributed by atoms with Crippen LogP contribution in [0.15, 0.2) is 33.9 Å². The molecule has 2 aromatic rings. The number of rotatable bonds is 2. The van der Waals surface area contributed by atoms with Crippen molar-refractivity contribution in [3.63, 3.8) is 0 Å². The summed E-state index contributed by atoms with van der Waals surface area (Å²) in [6, 6.07) is 7.15. The van der Waals surface area contributed by atoms with Crippen LogP contribution >= 0.6 is 0 Å². The van der Waals surface area contributed by atoms with Gasteiger partial charge in [0.25, 0.3) is 5.56 Å². The highest BCUT2D eigenvalue weighted by atomic mass is 16.2. The highest BCUT2D eigenvalue weighted by Gasteiger charge is 2.03. The number of anilines is 1. The van der Waals surface area contributed by atoms with Crippen molar-refractivity contribution in [3.05, 3.63) is 56.4 Å². The third-order valence-corrected chi connectivity index (χ3v) is 2.10. The molecule has 82 valence electrons. The van der Waals surface area contributed by atoms with Crippen LogP contribution in [0.1, 0.15) is 11.3 Å². The SMILES string of the molecule is Nc1cccc(Cc2n[nH]c(=O)[nH]c2=O)c1. The maximum absolute atomic E-state index is 11.4. The van der Waals surface area contributed by atoms with Crippen LogP contribution in [0.25, 0.3) is 0 Å². The molecule has 1 aromatic carbocycles. The van der Waals surface area contributed by atoms with Crippen molar-refractivity contribution in [1.29, 1.82) is 0 Å². The van der Waals surface area contributed by atoms with Gasteiger partial charge in [-0.25, -0.2) is 9.89 Å². The minimum Gasteiger partial charge on any atom is -0.399 e. The highest BCUT2D eigenvalue weighted by Crippen LogP contribution is 2.08. The molecule has 0 saturated heterocycles. The Morgan fingerprint density at radius 3 is 2.81 bits per heavy atom. The third kappa shape index (κ3) is 2.17. The molecular weight excluding hydrogens is 208 g/mol. The number of nitrogens with two attached hydrogens (primary N) is 1. The second-order valence-corrected chi connectivity index (χ2v) is 3.38. The Labute approximate surface area is 90.1 Å². The van der Waals surface area contributed by atoms with E-state index >= 15 is 0 Å². The molecule has 1 heterocycles. The van der Waals surface area contributed by atoms with Crippen LogP contribution in [0, 0.1) is 0 Å². The van der Waals surface area contributed by atoms with Crippen LogP contribution in [0.4, 0.5) is 5.69 Å². The van der Waals surface area contributed by atoms with Crippen molar-refractivity contribution in [2.45, 2.75) is 6.42 Å². The summed E-state index contributed by atoms with van der Waals surface area (Å²) >= 11 is 0. The van der Waals surface area contributed by atoms with Crippen LogP contribution in [0.5, 0.6) is 0 Å². The number of nitrogens with one attached hydrogen (secondary N) is 2. The molecule has 0 fully saturated rings. The van der Waals surface area contributed by atoms with Crippen molar-refractivity contribution in [1.82, 2.24) is 15.2 Å². The fraction of sp³-hybridized carbons (Fsp3) is 0.100. The summed E-state index contributed by atoms with van der Waals surface area (Å²) in [6.07, 6.45) is 0.331. The predicted octanol–water partition coefficient (Wildman–Crippen LogP) is -0.369. The molecule has 0 aliphatic rings. The van der Waals surface area contributed by atoms with E-state index < -0.39 is 11.2 Å². The summed E-state index contributed by atoms with van der Waals surface area (Å²) in [5, 5.41) is 5.86. The van der Waals surface area contributed by atoms with E-state index in [1.807, 2.05) is 6.07 Å². The zero-order valence-electron chi connectivity index (χ0n) is 8.36. The fourth-order valence-electron chi connectivity index (χ4n) is 1.39. The van der Waals surface area contributed by atoms with Gasteiger partial charge >= 0.3 is 5.69 Å². The number of hydrogen-bond acceptors (Lipinski definition) is 4. The smallest absolute Gasteiger partial charge is 0.342 e. The number of H-pyrrole nitrogens is 2. The van der Waals surface area contributed by atoms with E-state index in [9.17, 15) is 9.59 Å². The minimum absolute atomic E-state index is 0.255. The summed E-state index contributed by atoms with van der Waals surface area (Å²) in [4.78, 5) is 24.2. The van der Waals surface area contributed by atoms with Crippen molar-refractivity contribution >= 4 is 5.69 Å². The Kier molecular flexibility index (Phi) is 2.55. The molecule has 4 N–H and O–H groups in total. The van der Waals surface area contributed by atoms with Gasteiger partial charge in [0, 0.05) is 12.1 Å². The van der Waals surface area contributed by atoms with Crippen LogP contribution in [-0.2, 0) is 6.42 Å². The van der Waals surface area contributed by atoms with Crippen molar-refractivity contribution in [2.24, 2.45) is 0 Å². The summed E-state index contributed by atoms with van der Waals surface area (Å²) in [6.45, 7) is 0. The number of aromatic amines is 2. The lowest BCUT2D eigenvalue weighted by Crippen LogP contribution is -2.27. The molecule has 6 heteroatoms. The molecule has 0 aliphatic heterocycles. The van der Waals surface area contributed by atoms with Crippen LogP contribution in [0.2, 0.25) is 0 Å². The molecule has 0 amide bonds. The van der Waals surface area contributed by atoms with Crippen molar-refractivity contribution < 1.29 is 0 Å². The molecule has 0 atom stereocenters. The topological polar surface area (TPSA) is 105 Å². The minimum atomic E-state index is -0.610. The largest absolute Gasteiger partial charge is 0.399 e. The Morgan fingerprint density at radius 1 is 1.31 bits per heavy atom. The molecule has 0 spiro atoms. The Hall–Kier alpha value is -2.37. The second kappa shape index (κ2) is 4.01. The molecule has 0 bridgehead atoms. The lowest BCUT2D eigenvalue weighted by molar-refractivity contribution is 0.828. The number of aromatic nitrogens is 3. The number of nitrogens with zero attached hydrogens (tertiary/aromatic N) is 1. The molecule has 0 unspecified atom stereocenters. The van der Waals surface area contributed by atoms with Gasteiger partial charge in [0.2, 0.25) is 0 Å². The zero-order valence-corrected chi connectivity index (χ0v) is 8.36. The molecule has 0 aliphatic carbocycles. The lowest BCUT2D eigenvalue weighted by atomic mass is 10.1. The quantitative estimate of drug-likeness (QED) is 0.598. The van der Waals surface area contributed by atoms with Gasteiger partial charge in [0.05, 0.1) is 0 Å². The monoisotopic (exact) mass is 218 g/mol. The molecule has 6 nitrogen and oxygen atoms in total. The second-order valence-electron chi connectivity index (χ2n) is 3.38. The number of nitrogen functional groups attached to an aromatic ring is 1. The first kappa shape index (κ1) is 10.2. The zero-order chi connectivity index (χ0) is 11.5. The summed E-state index contributed by atoms with van der Waals surface area (Å²) < 4.78 is 0. The molecule has 0 saturated carbocycles. The van der Waals surface area contributed by atoms with E-state index in [-0.39, 0.29) is 5.69 Å². The van der Waals surface area contributed by atoms with Gasteiger partial charge in [-0.1, -0.05) is 12.1 Å². The van der Waals surface area contributed by atoms with Crippen LogP contribution < -0.4 is 17.0 Å². The maximum atomic E-state index is 11.4. The summed E-state index contributed by atoms with van der Waals surface area (Å²) in [5.74, 6) is 0. The maximum Gasteiger partial charge on any atom is 0.342 e. The van der Waals surface area contributed by atoms with E-state index in [1.165, 1.54) is 0 Å². The Balaban J connectivity index is 2.34. The van der Waals surface area contributed by atoms with Gasteiger partial charge < -0.3 is 5.73 Å². The first-order valence-corrected chi connectivity index (χ1v) is 4.67. The number of benzene rings is 1. The molecule has 16 heavy (non-hydrogen) atoms. The first-order valence-electron chi connectivity index (χ1n) is 4.67. The van der Waals surface area contributed by atoms with Crippen molar-refractivity contribution in [2.75, 3.05) is 5.73 Å². The van der Waals surface area contributed by atoms with E-state index in [0.717, 1.165) is 5.56 Å². The van der Waals surface area contributed by atoms with Crippen molar-refractivity contribution in [3.8, 4) is 0 Å². The van der Waals surface area contributed by atoms with Crippen LogP contribution in [-0.4, -0.2) is 15.2 Å². The van der Waals surface area contributed by atoms with Gasteiger partial charge in [-0.05, 0) is 17.7 Å². The van der Waals surface area contributed by atoms with Gasteiger partial charge in [-0.2, -0.15) is 5.10 Å². The summed E-state index contributed by atoms with van der Waals surface area (Å²) in [5.41, 5.74) is 6.26.